The van der Waals surface area contributed by atoms with Crippen LogP contribution in [0.15, 0.2) is 48.5 Å². The van der Waals surface area contributed by atoms with Crippen molar-refractivity contribution in [2.75, 3.05) is 6.61 Å². The summed E-state index contributed by atoms with van der Waals surface area (Å²) in [6.45, 7) is 0.104. The van der Waals surface area contributed by atoms with Crippen LogP contribution in [0.25, 0.3) is 11.1 Å². The summed E-state index contributed by atoms with van der Waals surface area (Å²) in [4.78, 5) is 36.8. The Morgan fingerprint density at radius 1 is 0.971 bits per heavy atom. The topological polar surface area (TPSA) is 105 Å². The van der Waals surface area contributed by atoms with Crippen molar-refractivity contribution in [1.82, 2.24) is 10.6 Å². The van der Waals surface area contributed by atoms with Crippen LogP contribution in [-0.2, 0) is 14.3 Å². The van der Waals surface area contributed by atoms with Crippen LogP contribution in [0.2, 0.25) is 0 Å². The minimum atomic E-state index is -1.17. The number of carboxylic acid groups (broad SMARTS) is 1. The molecule has 0 aromatic heterocycles. The molecule has 34 heavy (non-hydrogen) atoms. The summed E-state index contributed by atoms with van der Waals surface area (Å²) < 4.78 is 5.51. The zero-order valence-corrected chi connectivity index (χ0v) is 19.1. The van der Waals surface area contributed by atoms with E-state index in [-0.39, 0.29) is 24.0 Å². The minimum Gasteiger partial charge on any atom is -0.481 e. The number of aliphatic carboxylic acids is 1. The molecule has 7 nitrogen and oxygen atoms in total. The molecule has 2 unspecified atom stereocenters. The smallest absolute Gasteiger partial charge is 0.407 e. The Bertz CT molecular complexity index is 1060. The van der Waals surface area contributed by atoms with E-state index in [1.165, 1.54) is 19.3 Å². The van der Waals surface area contributed by atoms with E-state index in [1.54, 1.807) is 0 Å². The molecular formula is C27H30N2O5. The highest BCUT2D eigenvalue weighted by molar-refractivity contribution is 5.89. The SMILES string of the molecule is O=C(O)CC(NC(=O)OCC1c2ccccc2-c2ccccc21)C(=O)NC1CC12CCCCC2. The van der Waals surface area contributed by atoms with Crippen LogP contribution in [-0.4, -0.2) is 41.8 Å². The van der Waals surface area contributed by atoms with Crippen molar-refractivity contribution < 1.29 is 24.2 Å². The first-order valence-corrected chi connectivity index (χ1v) is 12.1. The Labute approximate surface area is 198 Å². The molecule has 0 radical (unpaired) electrons. The first-order chi connectivity index (χ1) is 16.5. The summed E-state index contributed by atoms with van der Waals surface area (Å²) in [5, 5.41) is 14.8. The number of amides is 2. The molecule has 0 heterocycles. The molecule has 3 aliphatic carbocycles. The molecule has 1 spiro atoms. The number of hydrogen-bond donors (Lipinski definition) is 3. The number of alkyl carbamates (subject to hydrolysis) is 1. The third-order valence-electron chi connectivity index (χ3n) is 7.69. The zero-order chi connectivity index (χ0) is 23.7. The van der Waals surface area contributed by atoms with E-state index < -0.39 is 30.4 Å². The van der Waals surface area contributed by atoms with Gasteiger partial charge in [0.15, 0.2) is 0 Å². The fourth-order valence-corrected chi connectivity index (χ4v) is 5.80. The summed E-state index contributed by atoms with van der Waals surface area (Å²) >= 11 is 0. The van der Waals surface area contributed by atoms with Crippen LogP contribution in [0.3, 0.4) is 0 Å². The number of rotatable bonds is 7. The second-order valence-corrected chi connectivity index (χ2v) is 9.81. The lowest BCUT2D eigenvalue weighted by molar-refractivity contribution is -0.139. The first-order valence-electron chi connectivity index (χ1n) is 12.1. The minimum absolute atomic E-state index is 0.0703. The largest absolute Gasteiger partial charge is 0.481 e. The van der Waals surface area contributed by atoms with E-state index in [2.05, 4.69) is 22.8 Å². The van der Waals surface area contributed by atoms with Gasteiger partial charge in [0, 0.05) is 12.0 Å². The van der Waals surface area contributed by atoms with Gasteiger partial charge in [-0.15, -0.1) is 0 Å². The summed E-state index contributed by atoms with van der Waals surface area (Å²) in [6, 6.07) is 14.9. The van der Waals surface area contributed by atoms with E-state index in [0.717, 1.165) is 41.5 Å². The van der Waals surface area contributed by atoms with Crippen molar-refractivity contribution in [1.29, 1.82) is 0 Å². The van der Waals surface area contributed by atoms with Crippen LogP contribution in [0.4, 0.5) is 4.79 Å². The van der Waals surface area contributed by atoms with Gasteiger partial charge in [0.1, 0.15) is 12.6 Å². The summed E-state index contributed by atoms with van der Waals surface area (Å²) in [6.07, 6.45) is 5.42. The van der Waals surface area contributed by atoms with Crippen LogP contribution < -0.4 is 10.6 Å². The highest BCUT2D eigenvalue weighted by Crippen LogP contribution is 2.56. The van der Waals surface area contributed by atoms with Crippen LogP contribution in [0.1, 0.15) is 62.0 Å². The molecule has 3 N–H and O–H groups in total. The van der Waals surface area contributed by atoms with Crippen LogP contribution in [0, 0.1) is 5.41 Å². The summed E-state index contributed by atoms with van der Waals surface area (Å²) in [5.74, 6) is -1.71. The number of nitrogens with one attached hydrogen (secondary N) is 2. The van der Waals surface area contributed by atoms with Gasteiger partial charge < -0.3 is 20.5 Å². The zero-order valence-electron chi connectivity index (χ0n) is 19.1. The number of ether oxygens (including phenoxy) is 1. The molecule has 2 aromatic rings. The highest BCUT2D eigenvalue weighted by atomic mass is 16.5. The number of carbonyl (C=O) groups is 3. The molecular weight excluding hydrogens is 432 g/mol. The molecule has 7 heteroatoms. The molecule has 0 aliphatic heterocycles. The summed E-state index contributed by atoms with van der Waals surface area (Å²) in [5.41, 5.74) is 4.59. The fraction of sp³-hybridized carbons (Fsp3) is 0.444. The average molecular weight is 463 g/mol. The first kappa shape index (κ1) is 22.4. The number of benzene rings is 2. The maximum atomic E-state index is 12.8. The van der Waals surface area contributed by atoms with E-state index >= 15 is 0 Å². The molecule has 0 saturated heterocycles. The standard InChI is InChI=1S/C27H30N2O5/c30-24(31)14-22(25(32)29-23-15-27(23)12-6-1-7-13-27)28-26(33)34-16-21-19-10-4-2-8-17(19)18-9-3-5-11-20(18)21/h2-5,8-11,21-23H,1,6-7,12-16H2,(H,28,33)(H,29,32)(H,30,31). The molecule has 2 fully saturated rings. The predicted molar refractivity (Wildman–Crippen MR) is 126 cm³/mol. The van der Waals surface area contributed by atoms with Crippen molar-refractivity contribution in [2.24, 2.45) is 5.41 Å². The Morgan fingerprint density at radius 3 is 2.21 bits per heavy atom. The molecule has 5 rings (SSSR count). The van der Waals surface area contributed by atoms with Gasteiger partial charge in [-0.1, -0.05) is 67.8 Å². The monoisotopic (exact) mass is 462 g/mol. The van der Waals surface area contributed by atoms with Crippen molar-refractivity contribution in [3.8, 4) is 11.1 Å². The van der Waals surface area contributed by atoms with Crippen molar-refractivity contribution in [3.05, 3.63) is 59.7 Å². The molecule has 2 aromatic carbocycles. The average Bonchev–Trinajstić information content (AvgIpc) is 3.37. The number of carboxylic acids is 1. The lowest BCUT2D eigenvalue weighted by atomic mass is 9.85. The third kappa shape index (κ3) is 4.39. The lowest BCUT2D eigenvalue weighted by Crippen LogP contribution is -2.49. The Hall–Kier alpha value is -3.35. The molecule has 3 aliphatic rings. The number of hydrogen-bond acceptors (Lipinski definition) is 4. The van der Waals surface area contributed by atoms with Gasteiger partial charge in [-0.3, -0.25) is 9.59 Å². The van der Waals surface area contributed by atoms with Crippen molar-refractivity contribution in [2.45, 2.75) is 62.9 Å². The van der Waals surface area contributed by atoms with Gasteiger partial charge in [0.2, 0.25) is 5.91 Å². The third-order valence-corrected chi connectivity index (χ3v) is 7.69. The highest BCUT2D eigenvalue weighted by Gasteiger charge is 2.54. The maximum Gasteiger partial charge on any atom is 0.407 e. The van der Waals surface area contributed by atoms with E-state index in [0.29, 0.717) is 0 Å². The van der Waals surface area contributed by atoms with Gasteiger partial charge in [-0.2, -0.15) is 0 Å². The Morgan fingerprint density at radius 2 is 1.59 bits per heavy atom. The second-order valence-electron chi connectivity index (χ2n) is 9.81. The van der Waals surface area contributed by atoms with E-state index in [4.69, 9.17) is 4.74 Å². The summed E-state index contributed by atoms with van der Waals surface area (Å²) in [7, 11) is 0. The van der Waals surface area contributed by atoms with Gasteiger partial charge in [0.25, 0.3) is 0 Å². The Kier molecular flexibility index (Phi) is 6.02. The van der Waals surface area contributed by atoms with Gasteiger partial charge >= 0.3 is 12.1 Å². The molecule has 2 saturated carbocycles. The van der Waals surface area contributed by atoms with Gasteiger partial charge in [-0.25, -0.2) is 4.79 Å². The molecule has 178 valence electrons. The predicted octanol–water partition coefficient (Wildman–Crippen LogP) is 4.21. The van der Waals surface area contributed by atoms with Gasteiger partial charge in [0.05, 0.1) is 6.42 Å². The number of fused-ring (bicyclic) bond motifs is 3. The van der Waals surface area contributed by atoms with Crippen LogP contribution >= 0.6 is 0 Å². The quantitative estimate of drug-likeness (QED) is 0.572. The second kappa shape index (κ2) is 9.12. The molecule has 2 atom stereocenters. The van der Waals surface area contributed by atoms with Crippen molar-refractivity contribution in [3.63, 3.8) is 0 Å². The lowest BCUT2D eigenvalue weighted by Gasteiger charge is -2.23. The van der Waals surface area contributed by atoms with E-state index in [1.807, 2.05) is 36.4 Å². The number of carbonyl (C=O) groups excluding carboxylic acids is 2. The maximum absolute atomic E-state index is 12.8. The van der Waals surface area contributed by atoms with Gasteiger partial charge in [-0.05, 0) is 46.9 Å². The van der Waals surface area contributed by atoms with E-state index in [9.17, 15) is 19.5 Å². The Balaban J connectivity index is 1.21. The fourth-order valence-electron chi connectivity index (χ4n) is 5.80. The molecule has 0 bridgehead atoms. The normalized spacial score (nSPS) is 20.6. The molecule has 2 amide bonds. The van der Waals surface area contributed by atoms with Crippen molar-refractivity contribution >= 4 is 18.0 Å². The van der Waals surface area contributed by atoms with Crippen LogP contribution in [0.5, 0.6) is 0 Å².